The molecule has 21 heavy (non-hydrogen) atoms. The number of hydrogen-bond donors (Lipinski definition) is 2. The van der Waals surface area contributed by atoms with E-state index in [1.54, 1.807) is 6.20 Å². The first kappa shape index (κ1) is 13.9. The van der Waals surface area contributed by atoms with Gasteiger partial charge in [-0.05, 0) is 70.2 Å². The number of aromatic nitrogens is 1. The minimum Gasteiger partial charge on any atom is -0.317 e. The van der Waals surface area contributed by atoms with Crippen LogP contribution in [0.5, 0.6) is 0 Å². The second-order valence-electron chi connectivity index (χ2n) is 7.06. The van der Waals surface area contributed by atoms with Gasteiger partial charge in [0.25, 0.3) is 0 Å². The van der Waals surface area contributed by atoms with Crippen molar-refractivity contribution in [3.8, 4) is 0 Å². The molecule has 5 heteroatoms. The molecule has 116 valence electrons. The van der Waals surface area contributed by atoms with E-state index in [0.29, 0.717) is 0 Å². The summed E-state index contributed by atoms with van der Waals surface area (Å²) in [6.45, 7) is 7.62. The highest BCUT2D eigenvalue weighted by Crippen LogP contribution is 2.50. The molecule has 0 radical (unpaired) electrons. The molecular weight excluding hydrogens is 282 g/mol. The molecule has 2 heterocycles. The molecule has 3 rings (SSSR count). The zero-order valence-electron chi connectivity index (χ0n) is 14.0. The summed E-state index contributed by atoms with van der Waals surface area (Å²) in [5.41, 5.74) is 1.66. The molecular formula is C16H25N3OS. The number of pyridine rings is 1. The van der Waals surface area contributed by atoms with Gasteiger partial charge in [0.2, 0.25) is 0 Å². The maximum atomic E-state index is 12.7. The Morgan fingerprint density at radius 1 is 1.48 bits per heavy atom. The topological polar surface area (TPSA) is 54.0 Å². The minimum absolute atomic E-state index is 0.226. The first-order valence-electron chi connectivity index (χ1n) is 8.13. The van der Waals surface area contributed by atoms with Gasteiger partial charge in [0.05, 0.1) is 23.1 Å². The quantitative estimate of drug-likeness (QED) is 0.880. The van der Waals surface area contributed by atoms with Crippen molar-refractivity contribution >= 4 is 11.0 Å². The van der Waals surface area contributed by atoms with Crippen molar-refractivity contribution in [2.24, 2.45) is 5.41 Å². The SMILES string of the molecule is [2H][C@@]1(N[S@](=O)C(C)(C)C)c2cccnc2CC12CCNCC2. The summed E-state index contributed by atoms with van der Waals surface area (Å²) in [5, 5.41) is 3.38. The van der Waals surface area contributed by atoms with Crippen LogP contribution >= 0.6 is 0 Å². The molecule has 1 aromatic rings. The lowest BCUT2D eigenvalue weighted by Crippen LogP contribution is -2.46. The van der Waals surface area contributed by atoms with Crippen molar-refractivity contribution in [1.82, 2.24) is 15.0 Å². The fraction of sp³-hybridized carbons (Fsp3) is 0.688. The molecule has 0 aromatic carbocycles. The van der Waals surface area contributed by atoms with E-state index in [0.717, 1.165) is 43.6 Å². The summed E-state index contributed by atoms with van der Waals surface area (Å²) in [6, 6.07) is 2.82. The number of rotatable bonds is 2. The average molecular weight is 308 g/mol. The smallest absolute Gasteiger partial charge is 0.0976 e. The second kappa shape index (κ2) is 5.45. The molecule has 0 amide bonds. The van der Waals surface area contributed by atoms with Crippen LogP contribution in [0.1, 0.15) is 52.3 Å². The largest absolute Gasteiger partial charge is 0.317 e. The van der Waals surface area contributed by atoms with Crippen LogP contribution in [-0.2, 0) is 17.4 Å². The Morgan fingerprint density at radius 2 is 2.19 bits per heavy atom. The molecule has 2 N–H and O–H groups in total. The third-order valence-electron chi connectivity index (χ3n) is 4.51. The van der Waals surface area contributed by atoms with Gasteiger partial charge in [-0.25, -0.2) is 8.93 Å². The lowest BCUT2D eigenvalue weighted by molar-refractivity contribution is 0.164. The molecule has 4 nitrogen and oxygen atoms in total. The highest BCUT2D eigenvalue weighted by Gasteiger charge is 2.48. The summed E-state index contributed by atoms with van der Waals surface area (Å²) in [4.78, 5) is 4.49. The van der Waals surface area contributed by atoms with E-state index in [9.17, 15) is 5.58 Å². The molecule has 2 aliphatic rings. The number of nitrogens with zero attached hydrogens (tertiary/aromatic N) is 1. The van der Waals surface area contributed by atoms with Crippen LogP contribution in [0.3, 0.4) is 0 Å². The number of piperidine rings is 1. The van der Waals surface area contributed by atoms with Gasteiger partial charge >= 0.3 is 0 Å². The minimum atomic E-state index is -1.29. The Bertz CT molecular complexity index is 595. The van der Waals surface area contributed by atoms with Crippen molar-refractivity contribution in [2.45, 2.75) is 50.8 Å². The molecule has 2 atom stereocenters. The van der Waals surface area contributed by atoms with Crippen molar-refractivity contribution in [3.63, 3.8) is 0 Å². The Kier molecular flexibility index (Phi) is 3.59. The summed E-state index contributed by atoms with van der Waals surface area (Å²) in [6.07, 6.45) is 4.39. The highest BCUT2D eigenvalue weighted by atomic mass is 32.2. The Hall–Kier alpha value is -0.780. The summed E-state index contributed by atoms with van der Waals surface area (Å²) in [7, 11) is -1.29. The lowest BCUT2D eigenvalue weighted by Gasteiger charge is -2.40. The first-order chi connectivity index (χ1) is 10.3. The Morgan fingerprint density at radius 3 is 2.86 bits per heavy atom. The predicted octanol–water partition coefficient (Wildman–Crippen LogP) is 2.10. The molecule has 0 bridgehead atoms. The summed E-state index contributed by atoms with van der Waals surface area (Å²) in [5.74, 6) is 0. The van der Waals surface area contributed by atoms with Crippen molar-refractivity contribution in [2.75, 3.05) is 13.1 Å². The van der Waals surface area contributed by atoms with Crippen molar-refractivity contribution < 1.29 is 5.58 Å². The maximum Gasteiger partial charge on any atom is 0.0976 e. The zero-order chi connectivity index (χ0) is 16.0. The molecule has 0 saturated carbocycles. The van der Waals surface area contributed by atoms with Gasteiger partial charge in [-0.15, -0.1) is 0 Å². The van der Waals surface area contributed by atoms with Crippen LogP contribution in [0, 0.1) is 5.41 Å². The van der Waals surface area contributed by atoms with Crippen LogP contribution in [-0.4, -0.2) is 27.0 Å². The van der Waals surface area contributed by atoms with Crippen LogP contribution in [0.15, 0.2) is 18.3 Å². The van der Waals surface area contributed by atoms with Crippen molar-refractivity contribution in [3.05, 3.63) is 29.6 Å². The van der Waals surface area contributed by atoms with Gasteiger partial charge < -0.3 is 5.32 Å². The average Bonchev–Trinajstić information content (AvgIpc) is 2.68. The fourth-order valence-corrected chi connectivity index (χ4v) is 4.06. The number of hydrogen-bond acceptors (Lipinski definition) is 3. The number of fused-ring (bicyclic) bond motifs is 1. The van der Waals surface area contributed by atoms with E-state index >= 15 is 0 Å². The first-order valence-corrected chi connectivity index (χ1v) is 8.78. The molecule has 1 spiro atoms. The van der Waals surface area contributed by atoms with Crippen LogP contribution < -0.4 is 10.0 Å². The summed E-state index contributed by atoms with van der Waals surface area (Å²) >= 11 is 0. The molecule has 1 aromatic heterocycles. The van der Waals surface area contributed by atoms with Gasteiger partial charge in [0, 0.05) is 11.9 Å². The van der Waals surface area contributed by atoms with Gasteiger partial charge in [0.1, 0.15) is 0 Å². The monoisotopic (exact) mass is 308 g/mol. The highest BCUT2D eigenvalue weighted by molar-refractivity contribution is 7.84. The summed E-state index contributed by atoms with van der Waals surface area (Å²) < 4.78 is 24.7. The van der Waals surface area contributed by atoms with Gasteiger partial charge in [-0.1, -0.05) is 6.07 Å². The predicted molar refractivity (Wildman–Crippen MR) is 86.2 cm³/mol. The standard InChI is InChI=1S/C16H25N3OS/c1-15(2,3)21(20)19-14-12-5-4-8-18-13(12)11-16(14)6-9-17-10-7-16/h4-5,8,14,17,19H,6-7,9-11H2,1-3H3/t14-,21-/m1/s1/i14D. The van der Waals surface area contributed by atoms with E-state index in [-0.39, 0.29) is 5.41 Å². The second-order valence-corrected chi connectivity index (χ2v) is 9.03. The van der Waals surface area contributed by atoms with E-state index < -0.39 is 21.8 Å². The van der Waals surface area contributed by atoms with Gasteiger partial charge in [-0.3, -0.25) is 4.98 Å². The molecule has 1 aliphatic carbocycles. The normalized spacial score (nSPS) is 30.0. The van der Waals surface area contributed by atoms with Crippen LogP contribution in [0.4, 0.5) is 0 Å². The third-order valence-corrected chi connectivity index (χ3v) is 6.01. The van der Waals surface area contributed by atoms with E-state index in [4.69, 9.17) is 0 Å². The van der Waals surface area contributed by atoms with E-state index in [1.807, 2.05) is 32.9 Å². The van der Waals surface area contributed by atoms with Crippen molar-refractivity contribution in [1.29, 1.82) is 0 Å². The van der Waals surface area contributed by atoms with Gasteiger partial charge in [0.15, 0.2) is 0 Å². The van der Waals surface area contributed by atoms with E-state index in [2.05, 4.69) is 15.0 Å². The lowest BCUT2D eigenvalue weighted by atomic mass is 9.74. The van der Waals surface area contributed by atoms with Crippen LogP contribution in [0.25, 0.3) is 0 Å². The third kappa shape index (κ3) is 2.79. The van der Waals surface area contributed by atoms with Gasteiger partial charge in [-0.2, -0.15) is 0 Å². The Labute approximate surface area is 131 Å². The molecule has 1 fully saturated rings. The zero-order valence-corrected chi connectivity index (χ0v) is 13.8. The fourth-order valence-electron chi connectivity index (χ4n) is 3.24. The van der Waals surface area contributed by atoms with Crippen LogP contribution in [0.2, 0.25) is 0 Å². The van der Waals surface area contributed by atoms with E-state index in [1.165, 1.54) is 0 Å². The molecule has 1 saturated heterocycles. The molecule has 0 unspecified atom stereocenters. The molecule has 1 aliphatic heterocycles. The Balaban J connectivity index is 2.04. The maximum absolute atomic E-state index is 12.7. The number of nitrogens with one attached hydrogen (secondary N) is 2.